The summed E-state index contributed by atoms with van der Waals surface area (Å²) in [7, 11) is 3.66. The molecule has 0 bridgehead atoms. The highest BCUT2D eigenvalue weighted by molar-refractivity contribution is 5.94. The van der Waals surface area contributed by atoms with Gasteiger partial charge in [-0.2, -0.15) is 5.10 Å². The number of carboxylic acids is 1. The van der Waals surface area contributed by atoms with Gasteiger partial charge in [-0.05, 0) is 26.2 Å². The molecule has 2 heterocycles. The second-order valence-corrected chi connectivity index (χ2v) is 5.08. The van der Waals surface area contributed by atoms with Crippen LogP contribution in [-0.2, 0) is 11.8 Å². The van der Waals surface area contributed by atoms with Crippen molar-refractivity contribution in [1.29, 1.82) is 0 Å². The van der Waals surface area contributed by atoms with Crippen LogP contribution in [0.5, 0.6) is 0 Å². The fourth-order valence-corrected chi connectivity index (χ4v) is 2.68. The van der Waals surface area contributed by atoms with E-state index in [4.69, 9.17) is 4.74 Å². The van der Waals surface area contributed by atoms with E-state index in [1.807, 2.05) is 11.9 Å². The van der Waals surface area contributed by atoms with Crippen molar-refractivity contribution in [2.45, 2.75) is 32.3 Å². The maximum Gasteiger partial charge on any atom is 0.341 e. The highest BCUT2D eigenvalue weighted by Gasteiger charge is 2.24. The van der Waals surface area contributed by atoms with Crippen LogP contribution < -0.4 is 4.90 Å². The predicted molar refractivity (Wildman–Crippen MR) is 71.8 cm³/mol. The molecule has 1 aliphatic heterocycles. The molecule has 1 fully saturated rings. The number of aromatic carboxylic acids is 1. The molecule has 1 atom stereocenters. The normalized spacial score (nSPS) is 19.4. The van der Waals surface area contributed by atoms with Gasteiger partial charge in [0.2, 0.25) is 0 Å². The van der Waals surface area contributed by atoms with Crippen LogP contribution in [0.4, 0.5) is 5.82 Å². The van der Waals surface area contributed by atoms with Crippen molar-refractivity contribution >= 4 is 11.8 Å². The van der Waals surface area contributed by atoms with E-state index in [0.717, 1.165) is 19.4 Å². The van der Waals surface area contributed by atoms with Gasteiger partial charge in [-0.1, -0.05) is 0 Å². The first-order valence-corrected chi connectivity index (χ1v) is 6.60. The summed E-state index contributed by atoms with van der Waals surface area (Å²) in [6, 6.07) is 0. The molecule has 0 saturated carbocycles. The molecule has 2 rings (SSSR count). The Kier molecular flexibility index (Phi) is 4.09. The lowest BCUT2D eigenvalue weighted by molar-refractivity contribution is 0.0214. The molecule has 0 spiro atoms. The van der Waals surface area contributed by atoms with Crippen molar-refractivity contribution in [3.8, 4) is 0 Å². The van der Waals surface area contributed by atoms with Gasteiger partial charge in [0.25, 0.3) is 0 Å². The number of hydrogen-bond acceptors (Lipinski definition) is 4. The van der Waals surface area contributed by atoms with Gasteiger partial charge in [-0.15, -0.1) is 0 Å². The number of anilines is 1. The summed E-state index contributed by atoms with van der Waals surface area (Å²) in [5, 5.41) is 13.5. The standard InChI is InChI=1S/C13H21N3O3/c1-9-11(13(17)18)12(16(3)14-9)15(2)8-10-6-4-5-7-19-10/h10H,4-8H2,1-3H3,(H,17,18). The van der Waals surface area contributed by atoms with Crippen LogP contribution in [-0.4, -0.2) is 47.2 Å². The van der Waals surface area contributed by atoms with Gasteiger partial charge >= 0.3 is 5.97 Å². The van der Waals surface area contributed by atoms with Crippen LogP contribution in [0.25, 0.3) is 0 Å². The molecule has 1 aromatic rings. The molecule has 6 heteroatoms. The van der Waals surface area contributed by atoms with Crippen molar-refractivity contribution in [1.82, 2.24) is 9.78 Å². The van der Waals surface area contributed by atoms with Crippen LogP contribution in [0.1, 0.15) is 35.3 Å². The van der Waals surface area contributed by atoms with E-state index in [2.05, 4.69) is 5.10 Å². The molecular weight excluding hydrogens is 246 g/mol. The Hall–Kier alpha value is -1.56. The van der Waals surface area contributed by atoms with E-state index in [9.17, 15) is 9.90 Å². The lowest BCUT2D eigenvalue weighted by Crippen LogP contribution is -2.35. The van der Waals surface area contributed by atoms with Crippen LogP contribution in [0, 0.1) is 6.92 Å². The number of nitrogens with zero attached hydrogens (tertiary/aromatic N) is 3. The molecule has 1 unspecified atom stereocenters. The number of carboxylic acid groups (broad SMARTS) is 1. The average Bonchev–Trinajstić information content (AvgIpc) is 2.65. The molecular formula is C13H21N3O3. The van der Waals surface area contributed by atoms with Crippen molar-refractivity contribution in [2.75, 3.05) is 25.1 Å². The molecule has 106 valence electrons. The summed E-state index contributed by atoms with van der Waals surface area (Å²) < 4.78 is 7.32. The highest BCUT2D eigenvalue weighted by Crippen LogP contribution is 2.24. The second kappa shape index (κ2) is 5.61. The van der Waals surface area contributed by atoms with E-state index in [1.165, 1.54) is 6.42 Å². The summed E-state index contributed by atoms with van der Waals surface area (Å²) in [6.45, 7) is 3.21. The van der Waals surface area contributed by atoms with Gasteiger partial charge in [0.05, 0.1) is 11.8 Å². The molecule has 0 radical (unpaired) electrons. The molecule has 1 N–H and O–H groups in total. The number of rotatable bonds is 4. The van der Waals surface area contributed by atoms with Gasteiger partial charge in [-0.3, -0.25) is 4.68 Å². The highest BCUT2D eigenvalue weighted by atomic mass is 16.5. The third-order valence-corrected chi connectivity index (χ3v) is 3.52. The maximum absolute atomic E-state index is 11.3. The minimum Gasteiger partial charge on any atom is -0.477 e. The minimum absolute atomic E-state index is 0.176. The predicted octanol–water partition coefficient (Wildman–Crippen LogP) is 1.43. The van der Waals surface area contributed by atoms with E-state index in [0.29, 0.717) is 18.1 Å². The number of ether oxygens (including phenoxy) is 1. The van der Waals surface area contributed by atoms with Gasteiger partial charge in [0.15, 0.2) is 0 Å². The fraction of sp³-hybridized carbons (Fsp3) is 0.692. The van der Waals surface area contributed by atoms with Crippen molar-refractivity contribution in [3.63, 3.8) is 0 Å². The van der Waals surface area contributed by atoms with Crippen LogP contribution in [0.3, 0.4) is 0 Å². The van der Waals surface area contributed by atoms with E-state index >= 15 is 0 Å². The van der Waals surface area contributed by atoms with Crippen LogP contribution in [0.2, 0.25) is 0 Å². The zero-order valence-corrected chi connectivity index (χ0v) is 11.7. The second-order valence-electron chi connectivity index (χ2n) is 5.08. The monoisotopic (exact) mass is 267 g/mol. The van der Waals surface area contributed by atoms with Crippen molar-refractivity contribution in [2.24, 2.45) is 7.05 Å². The molecule has 0 aliphatic carbocycles. The SMILES string of the molecule is Cc1nn(C)c(N(C)CC2CCCCO2)c1C(=O)O. The topological polar surface area (TPSA) is 67.6 Å². The van der Waals surface area contributed by atoms with Crippen molar-refractivity contribution < 1.29 is 14.6 Å². The zero-order valence-electron chi connectivity index (χ0n) is 11.7. The first-order chi connectivity index (χ1) is 9.00. The molecule has 19 heavy (non-hydrogen) atoms. The Morgan fingerprint density at radius 1 is 1.58 bits per heavy atom. The Balaban J connectivity index is 2.18. The van der Waals surface area contributed by atoms with Gasteiger partial charge < -0.3 is 14.7 Å². The number of aromatic nitrogens is 2. The molecule has 0 aromatic carbocycles. The van der Waals surface area contributed by atoms with E-state index in [-0.39, 0.29) is 11.7 Å². The molecule has 1 aliphatic rings. The van der Waals surface area contributed by atoms with E-state index in [1.54, 1.807) is 18.7 Å². The zero-order chi connectivity index (χ0) is 14.0. The maximum atomic E-state index is 11.3. The van der Waals surface area contributed by atoms with Crippen molar-refractivity contribution in [3.05, 3.63) is 11.3 Å². The third-order valence-electron chi connectivity index (χ3n) is 3.52. The lowest BCUT2D eigenvalue weighted by atomic mass is 10.1. The summed E-state index contributed by atoms with van der Waals surface area (Å²) in [5.41, 5.74) is 0.822. The average molecular weight is 267 g/mol. The molecule has 6 nitrogen and oxygen atoms in total. The van der Waals surface area contributed by atoms with Crippen LogP contribution in [0.15, 0.2) is 0 Å². The Bertz CT molecular complexity index is 464. The number of aryl methyl sites for hydroxylation is 2. The minimum atomic E-state index is -0.933. The summed E-state index contributed by atoms with van der Waals surface area (Å²) >= 11 is 0. The first kappa shape index (κ1) is 13.9. The third kappa shape index (κ3) is 2.89. The Labute approximate surface area is 113 Å². The summed E-state index contributed by atoms with van der Waals surface area (Å²) in [5.74, 6) is -0.295. The quantitative estimate of drug-likeness (QED) is 0.894. The summed E-state index contributed by atoms with van der Waals surface area (Å²) in [6.07, 6.45) is 3.50. The number of likely N-dealkylation sites (N-methyl/N-ethyl adjacent to an activating group) is 1. The lowest BCUT2D eigenvalue weighted by Gasteiger charge is -2.28. The Morgan fingerprint density at radius 3 is 2.89 bits per heavy atom. The Morgan fingerprint density at radius 2 is 2.32 bits per heavy atom. The fourth-order valence-electron chi connectivity index (χ4n) is 2.68. The van der Waals surface area contributed by atoms with Gasteiger partial charge in [0, 0.05) is 27.2 Å². The smallest absolute Gasteiger partial charge is 0.341 e. The van der Waals surface area contributed by atoms with Gasteiger partial charge in [0.1, 0.15) is 11.4 Å². The first-order valence-electron chi connectivity index (χ1n) is 6.60. The summed E-state index contributed by atoms with van der Waals surface area (Å²) in [4.78, 5) is 13.3. The van der Waals surface area contributed by atoms with Gasteiger partial charge in [-0.25, -0.2) is 4.79 Å². The van der Waals surface area contributed by atoms with Crippen LogP contribution >= 0.6 is 0 Å². The largest absolute Gasteiger partial charge is 0.477 e. The number of carbonyl (C=O) groups is 1. The molecule has 1 saturated heterocycles. The molecule has 0 amide bonds. The van der Waals surface area contributed by atoms with E-state index < -0.39 is 5.97 Å². The molecule has 1 aromatic heterocycles. The number of hydrogen-bond donors (Lipinski definition) is 1.